The van der Waals surface area contributed by atoms with Gasteiger partial charge in [-0.25, -0.2) is 0 Å². The van der Waals surface area contributed by atoms with Crippen molar-refractivity contribution in [1.82, 2.24) is 0 Å². The van der Waals surface area contributed by atoms with Crippen molar-refractivity contribution in [3.05, 3.63) is 56.8 Å². The summed E-state index contributed by atoms with van der Waals surface area (Å²) in [7, 11) is 1.36. The van der Waals surface area contributed by atoms with Crippen molar-refractivity contribution < 1.29 is 14.3 Å². The zero-order chi connectivity index (χ0) is 14.7. The standard InChI is InChI=1S/C16H16O3S/c1-10-5-4-6-11(2)15(10)16(18)13-8-7-12(20-13)9-14(17)19-3/h4-8H,9H2,1-3H3. The zero-order valence-corrected chi connectivity index (χ0v) is 12.5. The molecule has 0 aliphatic carbocycles. The van der Waals surface area contributed by atoms with Gasteiger partial charge in [-0.05, 0) is 37.1 Å². The molecule has 1 aromatic heterocycles. The molecule has 0 saturated carbocycles. The van der Waals surface area contributed by atoms with E-state index in [4.69, 9.17) is 0 Å². The van der Waals surface area contributed by atoms with Crippen LogP contribution in [0.15, 0.2) is 30.3 Å². The average molecular weight is 288 g/mol. The fraction of sp³-hybridized carbons (Fsp3) is 0.250. The normalized spacial score (nSPS) is 10.3. The van der Waals surface area contributed by atoms with Crippen LogP contribution in [0.1, 0.15) is 31.2 Å². The summed E-state index contributed by atoms with van der Waals surface area (Å²) in [5.74, 6) is -0.278. The maximum absolute atomic E-state index is 12.6. The van der Waals surface area contributed by atoms with Crippen LogP contribution in [-0.2, 0) is 16.0 Å². The van der Waals surface area contributed by atoms with Gasteiger partial charge in [0.05, 0.1) is 18.4 Å². The molecule has 4 heteroatoms. The molecule has 0 N–H and O–H groups in total. The Labute approximate surface area is 122 Å². The molecule has 1 aromatic carbocycles. The molecule has 0 spiro atoms. The van der Waals surface area contributed by atoms with E-state index < -0.39 is 0 Å². The SMILES string of the molecule is COC(=O)Cc1ccc(C(=O)c2c(C)cccc2C)s1. The first kappa shape index (κ1) is 14.5. The number of aryl methyl sites for hydroxylation is 2. The van der Waals surface area contributed by atoms with Gasteiger partial charge < -0.3 is 4.74 Å². The molecule has 2 aromatic rings. The number of hydrogen-bond acceptors (Lipinski definition) is 4. The first-order chi connectivity index (χ1) is 9.52. The van der Waals surface area contributed by atoms with Crippen LogP contribution in [0.2, 0.25) is 0 Å². The van der Waals surface area contributed by atoms with Gasteiger partial charge in [-0.15, -0.1) is 11.3 Å². The summed E-state index contributed by atoms with van der Waals surface area (Å²) in [5, 5.41) is 0. The molecule has 1 heterocycles. The Morgan fingerprint density at radius 3 is 2.35 bits per heavy atom. The van der Waals surface area contributed by atoms with E-state index in [0.717, 1.165) is 21.6 Å². The largest absolute Gasteiger partial charge is 0.469 e. The lowest BCUT2D eigenvalue weighted by Crippen LogP contribution is -2.04. The highest BCUT2D eigenvalue weighted by Crippen LogP contribution is 2.24. The number of esters is 1. The summed E-state index contributed by atoms with van der Waals surface area (Å²) < 4.78 is 4.63. The van der Waals surface area contributed by atoms with Gasteiger partial charge in [-0.3, -0.25) is 9.59 Å². The first-order valence-electron chi connectivity index (χ1n) is 6.29. The van der Waals surface area contributed by atoms with E-state index in [1.54, 1.807) is 6.07 Å². The van der Waals surface area contributed by atoms with Crippen molar-refractivity contribution in [1.29, 1.82) is 0 Å². The summed E-state index contributed by atoms with van der Waals surface area (Å²) in [6.45, 7) is 3.87. The number of carbonyl (C=O) groups is 2. The van der Waals surface area contributed by atoms with E-state index in [2.05, 4.69) is 4.74 Å². The monoisotopic (exact) mass is 288 g/mol. The van der Waals surface area contributed by atoms with Gasteiger partial charge in [0.15, 0.2) is 0 Å². The third kappa shape index (κ3) is 2.96. The Morgan fingerprint density at radius 2 is 1.75 bits per heavy atom. The average Bonchev–Trinajstić information content (AvgIpc) is 2.86. The number of rotatable bonds is 4. The molecule has 0 radical (unpaired) electrons. The molecule has 104 valence electrons. The second-order valence-electron chi connectivity index (χ2n) is 4.61. The highest BCUT2D eigenvalue weighted by molar-refractivity contribution is 7.14. The number of thiophene rings is 1. The maximum atomic E-state index is 12.6. The molecule has 0 saturated heterocycles. The lowest BCUT2D eigenvalue weighted by molar-refractivity contribution is -0.139. The molecule has 0 unspecified atom stereocenters. The van der Waals surface area contributed by atoms with E-state index in [9.17, 15) is 9.59 Å². The fourth-order valence-corrected chi connectivity index (χ4v) is 3.04. The number of benzene rings is 1. The van der Waals surface area contributed by atoms with Crippen LogP contribution in [-0.4, -0.2) is 18.9 Å². The molecule has 0 amide bonds. The number of methoxy groups -OCH3 is 1. The number of ketones is 1. The second-order valence-corrected chi connectivity index (χ2v) is 5.78. The van der Waals surface area contributed by atoms with E-state index in [1.807, 2.05) is 38.1 Å². The summed E-state index contributed by atoms with van der Waals surface area (Å²) in [4.78, 5) is 25.3. The number of carbonyl (C=O) groups excluding carboxylic acids is 2. The quantitative estimate of drug-likeness (QED) is 0.640. The van der Waals surface area contributed by atoms with Crippen molar-refractivity contribution in [2.75, 3.05) is 7.11 Å². The summed E-state index contributed by atoms with van der Waals surface area (Å²) >= 11 is 1.35. The van der Waals surface area contributed by atoms with Gasteiger partial charge in [0, 0.05) is 10.4 Å². The van der Waals surface area contributed by atoms with E-state index in [-0.39, 0.29) is 18.2 Å². The molecule has 3 nitrogen and oxygen atoms in total. The van der Waals surface area contributed by atoms with Crippen molar-refractivity contribution in [2.24, 2.45) is 0 Å². The smallest absolute Gasteiger partial charge is 0.310 e. The van der Waals surface area contributed by atoms with E-state index in [1.165, 1.54) is 18.4 Å². The first-order valence-corrected chi connectivity index (χ1v) is 7.11. The third-order valence-electron chi connectivity index (χ3n) is 3.14. The highest BCUT2D eigenvalue weighted by atomic mass is 32.1. The van der Waals surface area contributed by atoms with Crippen LogP contribution < -0.4 is 0 Å². The summed E-state index contributed by atoms with van der Waals surface area (Å²) in [6.07, 6.45) is 0.210. The molecule has 0 fully saturated rings. The Hall–Kier alpha value is -1.94. The van der Waals surface area contributed by atoms with Crippen LogP contribution in [0.3, 0.4) is 0 Å². The predicted molar refractivity (Wildman–Crippen MR) is 79.4 cm³/mol. The Morgan fingerprint density at radius 1 is 1.10 bits per heavy atom. The highest BCUT2D eigenvalue weighted by Gasteiger charge is 2.17. The van der Waals surface area contributed by atoms with Crippen LogP contribution in [0, 0.1) is 13.8 Å². The molecule has 20 heavy (non-hydrogen) atoms. The van der Waals surface area contributed by atoms with Crippen molar-refractivity contribution in [3.8, 4) is 0 Å². The van der Waals surface area contributed by atoms with E-state index >= 15 is 0 Å². The van der Waals surface area contributed by atoms with Gasteiger partial charge in [0.1, 0.15) is 0 Å². The van der Waals surface area contributed by atoms with Gasteiger partial charge >= 0.3 is 5.97 Å². The fourth-order valence-electron chi connectivity index (χ4n) is 2.11. The Bertz CT molecular complexity index is 635. The molecular formula is C16H16O3S. The van der Waals surface area contributed by atoms with Crippen molar-refractivity contribution in [3.63, 3.8) is 0 Å². The summed E-state index contributed by atoms with van der Waals surface area (Å²) in [5.41, 5.74) is 2.69. The summed E-state index contributed by atoms with van der Waals surface area (Å²) in [6, 6.07) is 9.39. The van der Waals surface area contributed by atoms with Gasteiger partial charge in [-0.1, -0.05) is 18.2 Å². The van der Waals surface area contributed by atoms with Crippen LogP contribution >= 0.6 is 11.3 Å². The number of ether oxygens (including phenoxy) is 1. The number of hydrogen-bond donors (Lipinski definition) is 0. The molecular weight excluding hydrogens is 272 g/mol. The minimum absolute atomic E-state index is 0.0155. The third-order valence-corrected chi connectivity index (χ3v) is 4.22. The van der Waals surface area contributed by atoms with E-state index in [0.29, 0.717) is 4.88 Å². The molecule has 2 rings (SSSR count). The second kappa shape index (κ2) is 6.01. The topological polar surface area (TPSA) is 43.4 Å². The predicted octanol–water partition coefficient (Wildman–Crippen LogP) is 3.31. The Kier molecular flexibility index (Phi) is 4.35. The molecule has 0 aliphatic rings. The van der Waals surface area contributed by atoms with Crippen LogP contribution in [0.25, 0.3) is 0 Å². The van der Waals surface area contributed by atoms with Gasteiger partial charge in [0.25, 0.3) is 0 Å². The van der Waals surface area contributed by atoms with Gasteiger partial charge in [-0.2, -0.15) is 0 Å². The van der Waals surface area contributed by atoms with Gasteiger partial charge in [0.2, 0.25) is 5.78 Å². The van der Waals surface area contributed by atoms with Crippen LogP contribution in [0.4, 0.5) is 0 Å². The maximum Gasteiger partial charge on any atom is 0.310 e. The lowest BCUT2D eigenvalue weighted by atomic mass is 9.98. The molecule has 0 aliphatic heterocycles. The zero-order valence-electron chi connectivity index (χ0n) is 11.7. The molecule has 0 atom stereocenters. The van der Waals surface area contributed by atoms with Crippen LogP contribution in [0.5, 0.6) is 0 Å². The van der Waals surface area contributed by atoms with Crippen molar-refractivity contribution in [2.45, 2.75) is 20.3 Å². The minimum atomic E-state index is -0.294. The van der Waals surface area contributed by atoms with Crippen molar-refractivity contribution >= 4 is 23.1 Å². The lowest BCUT2D eigenvalue weighted by Gasteiger charge is -2.06. The Balaban J connectivity index is 2.28. The minimum Gasteiger partial charge on any atom is -0.469 e. The molecule has 0 bridgehead atoms.